The Labute approximate surface area is 150 Å². The molecule has 1 heterocycles. The molecule has 3 rings (SSSR count). The molecule has 24 heavy (non-hydrogen) atoms. The Morgan fingerprint density at radius 2 is 1.75 bits per heavy atom. The zero-order valence-electron chi connectivity index (χ0n) is 13.8. The highest BCUT2D eigenvalue weighted by molar-refractivity contribution is 9.10. The summed E-state index contributed by atoms with van der Waals surface area (Å²) in [7, 11) is 3.27. The fraction of sp³-hybridized carbons (Fsp3) is 0.316. The van der Waals surface area contributed by atoms with Crippen LogP contribution in [0.2, 0.25) is 0 Å². The monoisotopic (exact) mass is 389 g/mol. The second kappa shape index (κ2) is 7.26. The van der Waals surface area contributed by atoms with Gasteiger partial charge in [0, 0.05) is 23.5 Å². The lowest BCUT2D eigenvalue weighted by molar-refractivity contribution is 0.0789. The number of benzene rings is 2. The molecule has 1 aliphatic rings. The van der Waals surface area contributed by atoms with E-state index in [9.17, 15) is 4.79 Å². The van der Waals surface area contributed by atoms with Crippen LogP contribution in [0.4, 0.5) is 0 Å². The van der Waals surface area contributed by atoms with Gasteiger partial charge in [0.15, 0.2) is 0 Å². The molecule has 0 aromatic heterocycles. The van der Waals surface area contributed by atoms with E-state index in [-0.39, 0.29) is 5.91 Å². The molecule has 0 saturated carbocycles. The van der Waals surface area contributed by atoms with E-state index in [1.165, 1.54) is 5.56 Å². The quantitative estimate of drug-likeness (QED) is 0.789. The lowest BCUT2D eigenvalue weighted by Gasteiger charge is -2.18. The number of carbonyl (C=O) groups is 1. The molecule has 2 aromatic rings. The Morgan fingerprint density at radius 1 is 1.08 bits per heavy atom. The molecule has 1 atom stereocenters. The lowest BCUT2D eigenvalue weighted by atomic mass is 9.98. The third kappa shape index (κ3) is 3.41. The summed E-state index contributed by atoms with van der Waals surface area (Å²) in [6.45, 7) is 1.49. The van der Waals surface area contributed by atoms with Crippen molar-refractivity contribution < 1.29 is 14.3 Å². The van der Waals surface area contributed by atoms with Crippen molar-refractivity contribution in [2.45, 2.75) is 12.3 Å². The third-order valence-corrected chi connectivity index (χ3v) is 5.16. The van der Waals surface area contributed by atoms with Gasteiger partial charge in [-0.1, -0.05) is 12.1 Å². The van der Waals surface area contributed by atoms with Gasteiger partial charge in [-0.05, 0) is 58.2 Å². The predicted molar refractivity (Wildman–Crippen MR) is 96.9 cm³/mol. The van der Waals surface area contributed by atoms with Crippen LogP contribution >= 0.6 is 15.9 Å². The molecule has 0 spiro atoms. The van der Waals surface area contributed by atoms with Gasteiger partial charge >= 0.3 is 0 Å². The zero-order chi connectivity index (χ0) is 17.1. The van der Waals surface area contributed by atoms with Crippen LogP contribution < -0.4 is 9.47 Å². The first-order chi connectivity index (χ1) is 11.6. The SMILES string of the molecule is COc1ccc(C2CCN(C(=O)c3cc(OC)ccc3Br)C2)cc1. The number of likely N-dealkylation sites (tertiary alicyclic amines) is 1. The van der Waals surface area contributed by atoms with Gasteiger partial charge in [0.1, 0.15) is 11.5 Å². The number of halogens is 1. The van der Waals surface area contributed by atoms with Crippen molar-refractivity contribution in [1.82, 2.24) is 4.90 Å². The lowest BCUT2D eigenvalue weighted by Crippen LogP contribution is -2.28. The van der Waals surface area contributed by atoms with E-state index in [0.717, 1.165) is 29.7 Å². The summed E-state index contributed by atoms with van der Waals surface area (Å²) in [5.41, 5.74) is 1.89. The van der Waals surface area contributed by atoms with Gasteiger partial charge in [0.2, 0.25) is 0 Å². The summed E-state index contributed by atoms with van der Waals surface area (Å²) >= 11 is 3.47. The largest absolute Gasteiger partial charge is 0.497 e. The van der Waals surface area contributed by atoms with Crippen molar-refractivity contribution in [2.75, 3.05) is 27.3 Å². The topological polar surface area (TPSA) is 38.8 Å². The molecule has 2 aromatic carbocycles. The van der Waals surface area contributed by atoms with Crippen molar-refractivity contribution in [3.8, 4) is 11.5 Å². The third-order valence-electron chi connectivity index (χ3n) is 4.47. The smallest absolute Gasteiger partial charge is 0.255 e. The molecule has 1 unspecified atom stereocenters. The van der Waals surface area contributed by atoms with Gasteiger partial charge in [-0.15, -0.1) is 0 Å². The number of hydrogen-bond donors (Lipinski definition) is 0. The van der Waals surface area contributed by atoms with Gasteiger partial charge < -0.3 is 14.4 Å². The first-order valence-electron chi connectivity index (χ1n) is 7.89. The summed E-state index contributed by atoms with van der Waals surface area (Å²) in [5.74, 6) is 1.94. The van der Waals surface area contributed by atoms with Crippen LogP contribution in [0, 0.1) is 0 Å². The van der Waals surface area contributed by atoms with Gasteiger partial charge in [0.05, 0.1) is 19.8 Å². The zero-order valence-corrected chi connectivity index (χ0v) is 15.4. The fourth-order valence-electron chi connectivity index (χ4n) is 3.06. The maximum atomic E-state index is 12.8. The van der Waals surface area contributed by atoms with Crippen molar-refractivity contribution in [3.63, 3.8) is 0 Å². The summed E-state index contributed by atoms with van der Waals surface area (Å²) in [6.07, 6.45) is 0.972. The molecular weight excluding hydrogens is 370 g/mol. The number of hydrogen-bond acceptors (Lipinski definition) is 3. The minimum absolute atomic E-state index is 0.0387. The van der Waals surface area contributed by atoms with E-state index in [4.69, 9.17) is 9.47 Å². The molecule has 126 valence electrons. The highest BCUT2D eigenvalue weighted by Gasteiger charge is 2.29. The first-order valence-corrected chi connectivity index (χ1v) is 8.68. The first kappa shape index (κ1) is 16.8. The molecule has 1 amide bonds. The van der Waals surface area contributed by atoms with Crippen LogP contribution in [0.1, 0.15) is 28.3 Å². The van der Waals surface area contributed by atoms with Crippen molar-refractivity contribution in [2.24, 2.45) is 0 Å². The van der Waals surface area contributed by atoms with Gasteiger partial charge in [-0.25, -0.2) is 0 Å². The Bertz CT molecular complexity index is 730. The molecule has 0 aliphatic carbocycles. The standard InChI is InChI=1S/C19H20BrNO3/c1-23-15-5-3-13(4-6-15)14-9-10-21(12-14)19(22)17-11-16(24-2)7-8-18(17)20/h3-8,11,14H,9-10,12H2,1-2H3. The minimum Gasteiger partial charge on any atom is -0.497 e. The van der Waals surface area contributed by atoms with Gasteiger partial charge in [-0.3, -0.25) is 4.79 Å². The van der Waals surface area contributed by atoms with Crippen LogP contribution in [-0.2, 0) is 0 Å². The Kier molecular flexibility index (Phi) is 5.09. The second-order valence-corrected chi connectivity index (χ2v) is 6.71. The van der Waals surface area contributed by atoms with Gasteiger partial charge in [-0.2, -0.15) is 0 Å². The molecule has 5 heteroatoms. The fourth-order valence-corrected chi connectivity index (χ4v) is 3.47. The molecule has 0 radical (unpaired) electrons. The number of methoxy groups -OCH3 is 2. The van der Waals surface area contributed by atoms with Crippen LogP contribution in [0.25, 0.3) is 0 Å². The normalized spacial score (nSPS) is 17.0. The van der Waals surface area contributed by atoms with Crippen LogP contribution in [0.5, 0.6) is 11.5 Å². The maximum absolute atomic E-state index is 12.8. The van der Waals surface area contributed by atoms with Crippen molar-refractivity contribution in [3.05, 3.63) is 58.1 Å². The summed E-state index contributed by atoms with van der Waals surface area (Å²) < 4.78 is 11.2. The summed E-state index contributed by atoms with van der Waals surface area (Å²) in [5, 5.41) is 0. The molecular formula is C19H20BrNO3. The van der Waals surface area contributed by atoms with Crippen LogP contribution in [-0.4, -0.2) is 38.1 Å². The second-order valence-electron chi connectivity index (χ2n) is 5.86. The molecule has 1 saturated heterocycles. The van der Waals surface area contributed by atoms with Crippen LogP contribution in [0.15, 0.2) is 46.9 Å². The van der Waals surface area contributed by atoms with Gasteiger partial charge in [0.25, 0.3) is 5.91 Å². The highest BCUT2D eigenvalue weighted by Crippen LogP contribution is 2.31. The number of carbonyl (C=O) groups excluding carboxylic acids is 1. The van der Waals surface area contributed by atoms with E-state index < -0.39 is 0 Å². The predicted octanol–water partition coefficient (Wildman–Crippen LogP) is 4.10. The molecule has 1 fully saturated rings. The highest BCUT2D eigenvalue weighted by atomic mass is 79.9. The molecule has 0 N–H and O–H groups in total. The number of rotatable bonds is 4. The average molecular weight is 390 g/mol. The minimum atomic E-state index is 0.0387. The Morgan fingerprint density at radius 3 is 2.42 bits per heavy atom. The number of ether oxygens (including phenoxy) is 2. The Balaban J connectivity index is 1.74. The maximum Gasteiger partial charge on any atom is 0.255 e. The van der Waals surface area contributed by atoms with Crippen molar-refractivity contribution in [1.29, 1.82) is 0 Å². The molecule has 0 bridgehead atoms. The summed E-state index contributed by atoms with van der Waals surface area (Å²) in [6, 6.07) is 13.6. The average Bonchev–Trinajstić information content (AvgIpc) is 3.12. The van der Waals surface area contributed by atoms with E-state index in [1.807, 2.05) is 29.2 Å². The van der Waals surface area contributed by atoms with Crippen molar-refractivity contribution >= 4 is 21.8 Å². The van der Waals surface area contributed by atoms with Crippen LogP contribution in [0.3, 0.4) is 0 Å². The van der Waals surface area contributed by atoms with E-state index >= 15 is 0 Å². The molecule has 4 nitrogen and oxygen atoms in total. The number of amides is 1. The van der Waals surface area contributed by atoms with E-state index in [1.54, 1.807) is 20.3 Å². The number of nitrogens with zero attached hydrogens (tertiary/aromatic N) is 1. The molecule has 1 aliphatic heterocycles. The van der Waals surface area contributed by atoms with E-state index in [0.29, 0.717) is 17.2 Å². The Hall–Kier alpha value is -2.01. The summed E-state index contributed by atoms with van der Waals surface area (Å²) in [4.78, 5) is 14.7. The van der Waals surface area contributed by atoms with E-state index in [2.05, 4.69) is 28.1 Å².